The maximum atomic E-state index is 13.5. The van der Waals surface area contributed by atoms with Gasteiger partial charge >= 0.3 is 5.69 Å². The number of nitro groups is 1. The summed E-state index contributed by atoms with van der Waals surface area (Å²) in [6.45, 7) is 2.14. The molecule has 0 aromatic heterocycles. The zero-order chi connectivity index (χ0) is 14.4. The Bertz CT molecular complexity index is 458. The molecular formula is C12H16F2N2O2S. The molecule has 0 aliphatic heterocycles. The Kier molecular flexibility index (Phi) is 6.17. The molecule has 0 aliphatic rings. The molecule has 0 saturated heterocycles. The van der Waals surface area contributed by atoms with Gasteiger partial charge in [0.05, 0.1) is 4.92 Å². The highest BCUT2D eigenvalue weighted by Crippen LogP contribution is 2.21. The van der Waals surface area contributed by atoms with Gasteiger partial charge in [0, 0.05) is 36.0 Å². The molecule has 0 heterocycles. The average Bonchev–Trinajstić information content (AvgIpc) is 2.35. The van der Waals surface area contributed by atoms with Crippen molar-refractivity contribution in [2.24, 2.45) is 0 Å². The summed E-state index contributed by atoms with van der Waals surface area (Å²) in [5.41, 5.74) is -0.594. The van der Waals surface area contributed by atoms with E-state index < -0.39 is 22.2 Å². The molecule has 7 heteroatoms. The first-order chi connectivity index (χ1) is 8.99. The lowest BCUT2D eigenvalue weighted by Gasteiger charge is -2.15. The Morgan fingerprint density at radius 2 is 2.11 bits per heavy atom. The van der Waals surface area contributed by atoms with Crippen LogP contribution in [0.5, 0.6) is 0 Å². The van der Waals surface area contributed by atoms with Gasteiger partial charge in [0.15, 0.2) is 0 Å². The van der Waals surface area contributed by atoms with E-state index in [2.05, 4.69) is 5.32 Å². The van der Waals surface area contributed by atoms with Crippen LogP contribution < -0.4 is 5.32 Å². The molecule has 1 aromatic carbocycles. The Morgan fingerprint density at radius 1 is 1.42 bits per heavy atom. The summed E-state index contributed by atoms with van der Waals surface area (Å²) >= 11 is 1.66. The molecule has 1 rings (SSSR count). The van der Waals surface area contributed by atoms with Crippen molar-refractivity contribution in [3.05, 3.63) is 39.4 Å². The van der Waals surface area contributed by atoms with Gasteiger partial charge in [-0.3, -0.25) is 10.1 Å². The van der Waals surface area contributed by atoms with Crippen LogP contribution in [0.15, 0.2) is 12.1 Å². The summed E-state index contributed by atoms with van der Waals surface area (Å²) in [7, 11) is 0. The SMILES string of the molecule is CCC(CSC)NCc1cc([N+](=O)[O-])c(F)cc1F. The summed E-state index contributed by atoms with van der Waals surface area (Å²) in [6.07, 6.45) is 2.83. The third-order valence-electron chi connectivity index (χ3n) is 2.75. The Labute approximate surface area is 114 Å². The van der Waals surface area contributed by atoms with E-state index in [0.29, 0.717) is 6.07 Å². The van der Waals surface area contributed by atoms with E-state index >= 15 is 0 Å². The van der Waals surface area contributed by atoms with Gasteiger partial charge in [0.25, 0.3) is 0 Å². The monoisotopic (exact) mass is 290 g/mol. The van der Waals surface area contributed by atoms with Crippen LogP contribution >= 0.6 is 11.8 Å². The van der Waals surface area contributed by atoms with Crippen molar-refractivity contribution in [2.75, 3.05) is 12.0 Å². The summed E-state index contributed by atoms with van der Waals surface area (Å²) < 4.78 is 26.7. The minimum absolute atomic E-state index is 0.104. The van der Waals surface area contributed by atoms with E-state index in [1.807, 2.05) is 13.2 Å². The average molecular weight is 290 g/mol. The molecule has 0 amide bonds. The normalized spacial score (nSPS) is 12.4. The van der Waals surface area contributed by atoms with Gasteiger partial charge in [-0.05, 0) is 12.7 Å². The van der Waals surface area contributed by atoms with Crippen LogP contribution in [0.4, 0.5) is 14.5 Å². The van der Waals surface area contributed by atoms with Gasteiger partial charge in [-0.2, -0.15) is 16.2 Å². The molecule has 106 valence electrons. The lowest BCUT2D eigenvalue weighted by atomic mass is 10.1. The van der Waals surface area contributed by atoms with Crippen LogP contribution in [-0.2, 0) is 6.54 Å². The van der Waals surface area contributed by atoms with Gasteiger partial charge < -0.3 is 5.32 Å². The number of thioether (sulfide) groups is 1. The Hall–Kier alpha value is -1.21. The van der Waals surface area contributed by atoms with Gasteiger partial charge in [-0.1, -0.05) is 6.92 Å². The lowest BCUT2D eigenvalue weighted by Crippen LogP contribution is -2.30. The lowest BCUT2D eigenvalue weighted by molar-refractivity contribution is -0.387. The standard InChI is InChI=1S/C12H16F2N2O2S/c1-3-9(7-19-2)15-6-8-4-12(16(17)18)11(14)5-10(8)13/h4-5,9,15H,3,6-7H2,1-2H3. The molecule has 1 atom stereocenters. The second kappa shape index (κ2) is 7.40. The predicted molar refractivity (Wildman–Crippen MR) is 72.3 cm³/mol. The number of nitrogens with one attached hydrogen (secondary N) is 1. The molecule has 1 unspecified atom stereocenters. The first-order valence-corrected chi connectivity index (χ1v) is 7.23. The minimum Gasteiger partial charge on any atom is -0.309 e. The highest BCUT2D eigenvalue weighted by Gasteiger charge is 2.18. The Morgan fingerprint density at radius 3 is 2.63 bits per heavy atom. The molecule has 0 saturated carbocycles. The molecule has 4 nitrogen and oxygen atoms in total. The number of hydrogen-bond acceptors (Lipinski definition) is 4. The van der Waals surface area contributed by atoms with E-state index in [1.165, 1.54) is 0 Å². The van der Waals surface area contributed by atoms with E-state index in [9.17, 15) is 18.9 Å². The van der Waals surface area contributed by atoms with Crippen LogP contribution in [0, 0.1) is 21.7 Å². The van der Waals surface area contributed by atoms with Crippen LogP contribution in [0.1, 0.15) is 18.9 Å². The number of nitrogens with zero attached hydrogens (tertiary/aromatic N) is 1. The van der Waals surface area contributed by atoms with Crippen LogP contribution in [0.25, 0.3) is 0 Å². The number of halogens is 2. The number of nitro benzene ring substituents is 1. The zero-order valence-electron chi connectivity index (χ0n) is 10.8. The molecule has 0 spiro atoms. The van der Waals surface area contributed by atoms with Crippen LogP contribution in [0.2, 0.25) is 0 Å². The highest BCUT2D eigenvalue weighted by molar-refractivity contribution is 7.98. The molecular weight excluding hydrogens is 274 g/mol. The van der Waals surface area contributed by atoms with Crippen molar-refractivity contribution in [1.29, 1.82) is 0 Å². The van der Waals surface area contributed by atoms with Gasteiger partial charge in [-0.15, -0.1) is 0 Å². The third kappa shape index (κ3) is 4.43. The van der Waals surface area contributed by atoms with E-state index in [4.69, 9.17) is 0 Å². The van der Waals surface area contributed by atoms with Crippen molar-refractivity contribution in [1.82, 2.24) is 5.32 Å². The summed E-state index contributed by atoms with van der Waals surface area (Å²) in [4.78, 5) is 9.75. The van der Waals surface area contributed by atoms with Gasteiger partial charge in [-0.25, -0.2) is 4.39 Å². The first-order valence-electron chi connectivity index (χ1n) is 5.84. The Balaban J connectivity index is 2.83. The van der Waals surface area contributed by atoms with E-state index in [-0.39, 0.29) is 18.2 Å². The predicted octanol–water partition coefficient (Wildman–Crippen LogP) is 3.10. The van der Waals surface area contributed by atoms with Gasteiger partial charge in [0.1, 0.15) is 5.82 Å². The number of hydrogen-bond donors (Lipinski definition) is 1. The van der Waals surface area contributed by atoms with Crippen molar-refractivity contribution in [2.45, 2.75) is 25.9 Å². The number of rotatable bonds is 7. The minimum atomic E-state index is -1.15. The van der Waals surface area contributed by atoms with Crippen molar-refractivity contribution in [3.8, 4) is 0 Å². The molecule has 0 fully saturated rings. The smallest absolute Gasteiger partial charge is 0.305 e. The number of benzene rings is 1. The fourth-order valence-corrected chi connectivity index (χ4v) is 2.39. The van der Waals surface area contributed by atoms with Crippen molar-refractivity contribution in [3.63, 3.8) is 0 Å². The first kappa shape index (κ1) is 15.8. The van der Waals surface area contributed by atoms with Crippen LogP contribution in [0.3, 0.4) is 0 Å². The fraction of sp³-hybridized carbons (Fsp3) is 0.500. The van der Waals surface area contributed by atoms with Gasteiger partial charge in [0.2, 0.25) is 5.82 Å². The quantitative estimate of drug-likeness (QED) is 0.619. The topological polar surface area (TPSA) is 55.2 Å². The summed E-state index contributed by atoms with van der Waals surface area (Å²) in [6, 6.07) is 1.70. The van der Waals surface area contributed by atoms with E-state index in [0.717, 1.165) is 18.2 Å². The van der Waals surface area contributed by atoms with Crippen molar-refractivity contribution < 1.29 is 13.7 Å². The molecule has 19 heavy (non-hydrogen) atoms. The summed E-state index contributed by atoms with van der Waals surface area (Å²) in [5, 5.41) is 13.7. The second-order valence-electron chi connectivity index (χ2n) is 4.09. The second-order valence-corrected chi connectivity index (χ2v) is 5.00. The maximum Gasteiger partial charge on any atom is 0.305 e. The van der Waals surface area contributed by atoms with Crippen LogP contribution in [-0.4, -0.2) is 23.0 Å². The molecule has 1 N–H and O–H groups in total. The van der Waals surface area contributed by atoms with Crippen molar-refractivity contribution >= 4 is 17.4 Å². The molecule has 0 radical (unpaired) electrons. The largest absolute Gasteiger partial charge is 0.309 e. The van der Waals surface area contributed by atoms with E-state index in [1.54, 1.807) is 11.8 Å². The molecule has 1 aromatic rings. The third-order valence-corrected chi connectivity index (χ3v) is 3.49. The molecule has 0 bridgehead atoms. The molecule has 0 aliphatic carbocycles. The highest BCUT2D eigenvalue weighted by atomic mass is 32.2. The maximum absolute atomic E-state index is 13.5. The fourth-order valence-electron chi connectivity index (χ4n) is 1.63. The summed E-state index contributed by atoms with van der Waals surface area (Å²) in [5.74, 6) is -1.06. The zero-order valence-corrected chi connectivity index (χ0v) is 11.6.